The van der Waals surface area contributed by atoms with E-state index < -0.39 is 5.60 Å². The van der Waals surface area contributed by atoms with Crippen molar-refractivity contribution in [2.75, 3.05) is 55.1 Å². The normalized spacial score (nSPS) is 15.6. The number of hydrogen-bond acceptors (Lipinski definition) is 10. The summed E-state index contributed by atoms with van der Waals surface area (Å²) in [4.78, 5) is 38.5. The molecule has 42 heavy (non-hydrogen) atoms. The van der Waals surface area contributed by atoms with Crippen LogP contribution in [0, 0.1) is 0 Å². The molecule has 0 aliphatic carbocycles. The van der Waals surface area contributed by atoms with Gasteiger partial charge in [0.15, 0.2) is 5.70 Å². The van der Waals surface area contributed by atoms with Crippen molar-refractivity contribution >= 4 is 29.4 Å². The molecule has 0 saturated carbocycles. The molecule has 1 atom stereocenters. The molecule has 11 heteroatoms. The molecular weight excluding hydrogens is 534 g/mol. The van der Waals surface area contributed by atoms with Gasteiger partial charge in [-0.05, 0) is 58.7 Å². The molecule has 0 radical (unpaired) electrons. The van der Waals surface area contributed by atoms with E-state index >= 15 is 0 Å². The summed E-state index contributed by atoms with van der Waals surface area (Å²) in [6.07, 6.45) is 6.45. The Morgan fingerprint density at radius 1 is 1.10 bits per heavy atom. The van der Waals surface area contributed by atoms with Gasteiger partial charge < -0.3 is 24.6 Å². The number of nitrogens with one attached hydrogen (secondary N) is 1. The Morgan fingerprint density at radius 3 is 2.48 bits per heavy atom. The molecule has 2 aliphatic heterocycles. The number of hydrazine groups is 1. The standard InChI is InChI=1S/C31H45N7O4/c1-8-11-23(9-2)33-27-18-22(12-13-32-27)25-19-24(35(7)38-21-26(38)29(39)41-10-3)20-28(34-25)36-14-16-37(17-15-36)30(40)42-31(4,5)6/h12-13,18-21,23H,8-11,14-17H2,1-7H3,(H,32,33). The van der Waals surface area contributed by atoms with Crippen LogP contribution in [0.25, 0.3) is 11.3 Å². The van der Waals surface area contributed by atoms with Crippen LogP contribution in [0.4, 0.5) is 22.1 Å². The highest BCUT2D eigenvalue weighted by molar-refractivity contribution is 5.92. The molecule has 11 nitrogen and oxygen atoms in total. The predicted molar refractivity (Wildman–Crippen MR) is 165 cm³/mol. The van der Waals surface area contributed by atoms with Gasteiger partial charge in [0.25, 0.3) is 0 Å². The first-order valence-electron chi connectivity index (χ1n) is 14.9. The molecule has 2 aromatic rings. The van der Waals surface area contributed by atoms with Crippen molar-refractivity contribution in [3.05, 3.63) is 42.4 Å². The van der Waals surface area contributed by atoms with Gasteiger partial charge in [-0.25, -0.2) is 24.6 Å². The molecular formula is C31H45N7O4. The third-order valence-corrected chi connectivity index (χ3v) is 7.19. The monoisotopic (exact) mass is 579 g/mol. The highest BCUT2D eigenvalue weighted by Gasteiger charge is 2.34. The maximum atomic E-state index is 12.6. The third-order valence-electron chi connectivity index (χ3n) is 7.19. The van der Waals surface area contributed by atoms with Crippen molar-refractivity contribution < 1.29 is 19.1 Å². The number of carbonyl (C=O) groups excluding carboxylic acids is 2. The Kier molecular flexibility index (Phi) is 9.80. The van der Waals surface area contributed by atoms with Crippen LogP contribution in [0.1, 0.15) is 60.8 Å². The molecule has 2 aromatic heterocycles. The van der Waals surface area contributed by atoms with Crippen molar-refractivity contribution in [3.63, 3.8) is 0 Å². The number of nitrogens with zero attached hydrogens (tertiary/aromatic N) is 6. The number of esters is 1. The topological polar surface area (TPSA) is 103 Å². The molecule has 2 aliphatic rings. The number of rotatable bonds is 11. The summed E-state index contributed by atoms with van der Waals surface area (Å²) in [5.41, 5.74) is 2.56. The molecule has 0 bridgehead atoms. The lowest BCUT2D eigenvalue weighted by atomic mass is 10.1. The first-order chi connectivity index (χ1) is 20.0. The fourth-order valence-corrected chi connectivity index (χ4v) is 4.86. The number of anilines is 3. The Morgan fingerprint density at radius 2 is 1.83 bits per heavy atom. The number of aromatic nitrogens is 2. The summed E-state index contributed by atoms with van der Waals surface area (Å²) in [7, 11) is 1.90. The van der Waals surface area contributed by atoms with Crippen LogP contribution in [0.15, 0.2) is 42.4 Å². The van der Waals surface area contributed by atoms with Crippen LogP contribution in [-0.4, -0.2) is 83.4 Å². The minimum atomic E-state index is -0.538. The smallest absolute Gasteiger partial charge is 0.410 e. The molecule has 0 aromatic carbocycles. The Bertz CT molecular complexity index is 1280. The molecule has 1 saturated heterocycles. The van der Waals surface area contributed by atoms with Crippen molar-refractivity contribution in [3.8, 4) is 11.3 Å². The molecule has 4 rings (SSSR count). The first-order valence-corrected chi connectivity index (χ1v) is 14.9. The average molecular weight is 580 g/mol. The summed E-state index contributed by atoms with van der Waals surface area (Å²) in [6, 6.07) is 8.37. The van der Waals surface area contributed by atoms with Crippen LogP contribution in [0.2, 0.25) is 0 Å². The van der Waals surface area contributed by atoms with E-state index in [-0.39, 0.29) is 12.1 Å². The van der Waals surface area contributed by atoms with E-state index in [0.717, 1.165) is 47.8 Å². The highest BCUT2D eigenvalue weighted by atomic mass is 16.6. The molecule has 1 fully saturated rings. The maximum Gasteiger partial charge on any atom is 0.410 e. The zero-order chi connectivity index (χ0) is 30.4. The number of piperazine rings is 1. The van der Waals surface area contributed by atoms with E-state index in [1.54, 1.807) is 29.2 Å². The molecule has 228 valence electrons. The fraction of sp³-hybridized carbons (Fsp3) is 0.548. The Labute approximate surface area is 249 Å². The van der Waals surface area contributed by atoms with Crippen molar-refractivity contribution in [1.29, 1.82) is 0 Å². The number of carbonyl (C=O) groups is 2. The molecule has 0 spiro atoms. The van der Waals surface area contributed by atoms with Gasteiger partial charge in [-0.15, -0.1) is 0 Å². The third kappa shape index (κ3) is 7.83. The Balaban J connectivity index is 1.60. The first kappa shape index (κ1) is 30.9. The predicted octanol–water partition coefficient (Wildman–Crippen LogP) is 5.26. The van der Waals surface area contributed by atoms with E-state index in [1.165, 1.54) is 0 Å². The van der Waals surface area contributed by atoms with Crippen LogP contribution < -0.4 is 15.2 Å². The maximum absolute atomic E-state index is 12.6. The SMILES string of the molecule is CCCC(CC)Nc1cc(-c2cc(N(C)N3C=C3C(=O)OCC)cc(N3CCN(C(=O)OC(C)(C)C)CC3)n2)ccn1. The zero-order valence-electron chi connectivity index (χ0n) is 26.0. The van der Waals surface area contributed by atoms with E-state index in [2.05, 4.69) is 29.0 Å². The van der Waals surface area contributed by atoms with E-state index in [4.69, 9.17) is 14.5 Å². The number of ether oxygens (including phenoxy) is 2. The van der Waals surface area contributed by atoms with Crippen molar-refractivity contribution in [2.24, 2.45) is 0 Å². The summed E-state index contributed by atoms with van der Waals surface area (Å²) in [5.74, 6) is 1.26. The number of pyridine rings is 2. The lowest BCUT2D eigenvalue weighted by Gasteiger charge is -2.36. The number of amides is 1. The summed E-state index contributed by atoms with van der Waals surface area (Å²) in [5, 5.41) is 7.25. The summed E-state index contributed by atoms with van der Waals surface area (Å²) in [6.45, 7) is 14.4. The van der Waals surface area contributed by atoms with Gasteiger partial charge in [-0.3, -0.25) is 5.01 Å². The van der Waals surface area contributed by atoms with E-state index in [1.807, 2.05) is 57.1 Å². The van der Waals surface area contributed by atoms with Crippen LogP contribution in [0.5, 0.6) is 0 Å². The van der Waals surface area contributed by atoms with Gasteiger partial charge in [0, 0.05) is 57.1 Å². The summed E-state index contributed by atoms with van der Waals surface area (Å²) < 4.78 is 10.7. The van der Waals surface area contributed by atoms with Gasteiger partial charge in [-0.1, -0.05) is 20.3 Å². The Hall–Kier alpha value is -4.02. The molecule has 4 heterocycles. The van der Waals surface area contributed by atoms with Gasteiger partial charge in [0.1, 0.15) is 17.2 Å². The largest absolute Gasteiger partial charge is 0.461 e. The van der Waals surface area contributed by atoms with Gasteiger partial charge in [0.05, 0.1) is 24.2 Å². The fourth-order valence-electron chi connectivity index (χ4n) is 4.86. The zero-order valence-corrected chi connectivity index (χ0v) is 26.0. The quantitative estimate of drug-likeness (QED) is 0.355. The van der Waals surface area contributed by atoms with E-state index in [0.29, 0.717) is 44.5 Å². The second-order valence-electron chi connectivity index (χ2n) is 11.6. The van der Waals surface area contributed by atoms with Crippen LogP contribution >= 0.6 is 0 Å². The molecule has 1 N–H and O–H groups in total. The van der Waals surface area contributed by atoms with Crippen LogP contribution in [0.3, 0.4) is 0 Å². The van der Waals surface area contributed by atoms with Crippen molar-refractivity contribution in [1.82, 2.24) is 19.9 Å². The van der Waals surface area contributed by atoms with Crippen molar-refractivity contribution in [2.45, 2.75) is 72.4 Å². The van der Waals surface area contributed by atoms with Gasteiger partial charge in [-0.2, -0.15) is 0 Å². The summed E-state index contributed by atoms with van der Waals surface area (Å²) >= 11 is 0. The number of hydrogen-bond donors (Lipinski definition) is 1. The lowest BCUT2D eigenvalue weighted by Crippen LogP contribution is -2.50. The van der Waals surface area contributed by atoms with E-state index in [9.17, 15) is 9.59 Å². The minimum Gasteiger partial charge on any atom is -0.461 e. The van der Waals surface area contributed by atoms with Crippen LogP contribution in [-0.2, 0) is 14.3 Å². The average Bonchev–Trinajstić information content (AvgIpc) is 3.77. The second kappa shape index (κ2) is 13.3. The molecule has 1 amide bonds. The minimum absolute atomic E-state index is 0.298. The van der Waals surface area contributed by atoms with Gasteiger partial charge in [0.2, 0.25) is 0 Å². The molecule has 1 unspecified atom stereocenters. The second-order valence-corrected chi connectivity index (χ2v) is 11.6. The lowest BCUT2D eigenvalue weighted by molar-refractivity contribution is -0.138. The highest BCUT2D eigenvalue weighted by Crippen LogP contribution is 2.34. The van der Waals surface area contributed by atoms with Gasteiger partial charge >= 0.3 is 12.1 Å².